The number of hydrogen-bond donors (Lipinski definition) is 0. The molecule has 1 aromatic rings. The zero-order valence-electron chi connectivity index (χ0n) is 11.2. The highest BCUT2D eigenvalue weighted by Crippen LogP contribution is 2.46. The van der Waals surface area contributed by atoms with Crippen LogP contribution in [-0.2, 0) is 4.79 Å². The molecule has 1 aliphatic rings. The number of carbonyl (C=O) groups excluding carboxylic acids is 1. The fraction of sp³-hybridized carbons (Fsp3) is 0.533. The summed E-state index contributed by atoms with van der Waals surface area (Å²) in [7, 11) is 1.69. The van der Waals surface area contributed by atoms with Crippen molar-refractivity contribution in [2.75, 3.05) is 7.11 Å². The van der Waals surface area contributed by atoms with E-state index in [1.54, 1.807) is 18.9 Å². The van der Waals surface area contributed by atoms with Crippen molar-refractivity contribution in [3.8, 4) is 5.75 Å². The molecule has 3 heteroatoms. The second kappa shape index (κ2) is 5.35. The molecular weight excluding hydrogens is 244 g/mol. The first kappa shape index (κ1) is 13.5. The number of thioether (sulfide) groups is 1. The number of ether oxygens (including phenoxy) is 1. The van der Waals surface area contributed by atoms with Gasteiger partial charge >= 0.3 is 0 Å². The molecule has 0 bridgehead atoms. The van der Waals surface area contributed by atoms with Crippen molar-refractivity contribution in [3.63, 3.8) is 0 Å². The Hall–Kier alpha value is -0.960. The Morgan fingerprint density at radius 2 is 2.06 bits per heavy atom. The molecule has 1 aromatic carbocycles. The normalized spacial score (nSPS) is 22.8. The Kier molecular flexibility index (Phi) is 4.00. The molecule has 98 valence electrons. The largest absolute Gasteiger partial charge is 0.496 e. The van der Waals surface area contributed by atoms with E-state index in [1.807, 2.05) is 18.2 Å². The molecule has 1 aliphatic carbocycles. The molecule has 0 amide bonds. The first-order valence-corrected chi connectivity index (χ1v) is 7.22. The van der Waals surface area contributed by atoms with E-state index < -0.39 is 0 Å². The molecule has 2 rings (SSSR count). The lowest BCUT2D eigenvalue weighted by Crippen LogP contribution is -2.34. The van der Waals surface area contributed by atoms with Gasteiger partial charge in [-0.3, -0.25) is 4.79 Å². The molecule has 0 aliphatic heterocycles. The summed E-state index contributed by atoms with van der Waals surface area (Å²) in [6, 6.07) is 8.03. The van der Waals surface area contributed by atoms with Crippen molar-refractivity contribution in [2.45, 2.75) is 43.3 Å². The van der Waals surface area contributed by atoms with Gasteiger partial charge in [0.1, 0.15) is 11.5 Å². The molecule has 2 nitrogen and oxygen atoms in total. The topological polar surface area (TPSA) is 26.3 Å². The third kappa shape index (κ3) is 2.89. The van der Waals surface area contributed by atoms with E-state index in [-0.39, 0.29) is 5.41 Å². The number of hydrogen-bond acceptors (Lipinski definition) is 3. The van der Waals surface area contributed by atoms with E-state index >= 15 is 0 Å². The van der Waals surface area contributed by atoms with Crippen molar-refractivity contribution in [3.05, 3.63) is 24.3 Å². The van der Waals surface area contributed by atoms with E-state index in [2.05, 4.69) is 19.9 Å². The van der Waals surface area contributed by atoms with Gasteiger partial charge in [0.25, 0.3) is 0 Å². The van der Waals surface area contributed by atoms with E-state index in [0.29, 0.717) is 17.5 Å². The van der Waals surface area contributed by atoms with Crippen LogP contribution in [0.5, 0.6) is 5.75 Å². The van der Waals surface area contributed by atoms with Gasteiger partial charge in [0.15, 0.2) is 0 Å². The molecule has 0 unspecified atom stereocenters. The standard InChI is InChI=1S/C15H20O2S/c1-15(2)9-8-11(16)10-14(15)18-13-7-5-4-6-12(13)17-3/h4-7,14H,8-10H2,1-3H3/t14-/m1/s1. The first-order valence-electron chi connectivity index (χ1n) is 6.34. The zero-order chi connectivity index (χ0) is 13.2. The second-order valence-corrected chi connectivity index (χ2v) is 6.73. The molecule has 0 radical (unpaired) electrons. The third-order valence-corrected chi connectivity index (χ3v) is 5.35. The molecule has 1 atom stereocenters. The number of Topliss-reactive ketones (excluding diaryl/α,β-unsaturated/α-hetero) is 1. The third-order valence-electron chi connectivity index (χ3n) is 3.67. The summed E-state index contributed by atoms with van der Waals surface area (Å²) in [5.74, 6) is 1.29. The fourth-order valence-electron chi connectivity index (χ4n) is 2.28. The quantitative estimate of drug-likeness (QED) is 0.827. The maximum atomic E-state index is 11.7. The lowest BCUT2D eigenvalue weighted by molar-refractivity contribution is -0.121. The van der Waals surface area contributed by atoms with E-state index in [1.165, 1.54) is 0 Å². The maximum absolute atomic E-state index is 11.7. The van der Waals surface area contributed by atoms with Gasteiger partial charge in [-0.05, 0) is 24.0 Å². The number of rotatable bonds is 3. The number of carbonyl (C=O) groups is 1. The molecular formula is C15H20O2S. The number of para-hydroxylation sites is 1. The van der Waals surface area contributed by atoms with Crippen LogP contribution in [0.25, 0.3) is 0 Å². The van der Waals surface area contributed by atoms with Crippen molar-refractivity contribution in [1.29, 1.82) is 0 Å². The molecule has 0 heterocycles. The lowest BCUT2D eigenvalue weighted by atomic mass is 9.76. The van der Waals surface area contributed by atoms with E-state index in [9.17, 15) is 4.79 Å². The molecule has 1 fully saturated rings. The Morgan fingerprint density at radius 3 is 2.78 bits per heavy atom. The van der Waals surface area contributed by atoms with E-state index in [4.69, 9.17) is 4.74 Å². The predicted molar refractivity (Wildman–Crippen MR) is 75.3 cm³/mol. The van der Waals surface area contributed by atoms with Crippen LogP contribution in [0.2, 0.25) is 0 Å². The van der Waals surface area contributed by atoms with Crippen molar-refractivity contribution in [2.24, 2.45) is 5.41 Å². The Morgan fingerprint density at radius 1 is 1.33 bits per heavy atom. The van der Waals surface area contributed by atoms with Gasteiger partial charge in [-0.25, -0.2) is 0 Å². The van der Waals surface area contributed by atoms with Crippen molar-refractivity contribution in [1.82, 2.24) is 0 Å². The van der Waals surface area contributed by atoms with Gasteiger partial charge in [-0.15, -0.1) is 11.8 Å². The summed E-state index contributed by atoms with van der Waals surface area (Å²) in [6.07, 6.45) is 2.39. The van der Waals surface area contributed by atoms with Crippen LogP contribution in [0, 0.1) is 5.41 Å². The molecule has 0 N–H and O–H groups in total. The molecule has 0 aromatic heterocycles. The Labute approximate surface area is 113 Å². The minimum Gasteiger partial charge on any atom is -0.496 e. The molecule has 0 saturated heterocycles. The Bertz CT molecular complexity index is 440. The minimum absolute atomic E-state index is 0.208. The summed E-state index contributed by atoms with van der Waals surface area (Å²) in [5, 5.41) is 0.343. The second-order valence-electron chi connectivity index (χ2n) is 5.49. The van der Waals surface area contributed by atoms with Crippen LogP contribution in [-0.4, -0.2) is 18.1 Å². The van der Waals surface area contributed by atoms with Crippen molar-refractivity contribution < 1.29 is 9.53 Å². The lowest BCUT2D eigenvalue weighted by Gasteiger charge is -2.37. The maximum Gasteiger partial charge on any atom is 0.134 e. The Balaban J connectivity index is 2.18. The highest BCUT2D eigenvalue weighted by atomic mass is 32.2. The van der Waals surface area contributed by atoms with Crippen LogP contribution in [0.3, 0.4) is 0 Å². The van der Waals surface area contributed by atoms with Crippen LogP contribution in [0.4, 0.5) is 0 Å². The molecule has 0 spiro atoms. The first-order chi connectivity index (χ1) is 8.53. The van der Waals surface area contributed by atoms with Gasteiger partial charge < -0.3 is 4.74 Å². The summed E-state index contributed by atoms with van der Waals surface area (Å²) in [6.45, 7) is 4.51. The van der Waals surface area contributed by atoms with Crippen LogP contribution >= 0.6 is 11.8 Å². The highest BCUT2D eigenvalue weighted by Gasteiger charge is 2.36. The van der Waals surface area contributed by atoms with Crippen LogP contribution in [0.15, 0.2) is 29.2 Å². The smallest absolute Gasteiger partial charge is 0.134 e. The van der Waals surface area contributed by atoms with Crippen LogP contribution in [0.1, 0.15) is 33.1 Å². The monoisotopic (exact) mass is 264 g/mol. The van der Waals surface area contributed by atoms with Gasteiger partial charge in [0.05, 0.1) is 7.11 Å². The van der Waals surface area contributed by atoms with Gasteiger partial charge in [-0.1, -0.05) is 26.0 Å². The van der Waals surface area contributed by atoms with Gasteiger partial charge in [0, 0.05) is 23.0 Å². The predicted octanol–water partition coefficient (Wildman–Crippen LogP) is 3.94. The summed E-state index contributed by atoms with van der Waals surface area (Å²) in [5.41, 5.74) is 0.208. The summed E-state index contributed by atoms with van der Waals surface area (Å²) in [4.78, 5) is 12.8. The highest BCUT2D eigenvalue weighted by molar-refractivity contribution is 8.00. The number of methoxy groups -OCH3 is 1. The fourth-order valence-corrected chi connectivity index (χ4v) is 3.72. The average molecular weight is 264 g/mol. The minimum atomic E-state index is 0.208. The van der Waals surface area contributed by atoms with Crippen LogP contribution < -0.4 is 4.74 Å². The van der Waals surface area contributed by atoms with Gasteiger partial charge in [0.2, 0.25) is 0 Å². The number of ketones is 1. The molecule has 18 heavy (non-hydrogen) atoms. The summed E-state index contributed by atoms with van der Waals surface area (Å²) >= 11 is 1.78. The summed E-state index contributed by atoms with van der Waals surface area (Å²) < 4.78 is 5.38. The molecule has 1 saturated carbocycles. The average Bonchev–Trinajstić information content (AvgIpc) is 2.35. The zero-order valence-corrected chi connectivity index (χ0v) is 12.0. The SMILES string of the molecule is COc1ccccc1S[C@@H]1CC(=O)CCC1(C)C. The number of benzene rings is 1. The van der Waals surface area contributed by atoms with Crippen molar-refractivity contribution >= 4 is 17.5 Å². The van der Waals surface area contributed by atoms with Gasteiger partial charge in [-0.2, -0.15) is 0 Å². The van der Waals surface area contributed by atoms with E-state index in [0.717, 1.165) is 23.5 Å².